The average Bonchev–Trinajstić information content (AvgIpc) is 2.83. The van der Waals surface area contributed by atoms with Crippen molar-refractivity contribution in [3.8, 4) is 0 Å². The number of carbonyl (C=O) groups excluding carboxylic acids is 1. The summed E-state index contributed by atoms with van der Waals surface area (Å²) in [5.74, 6) is -2.15. The number of benzene rings is 1. The van der Waals surface area contributed by atoms with E-state index >= 15 is 0 Å². The SMILES string of the molecule is CC1=CN2C(=CCC(C)C(C)C2C(=O)N/N=C\C(F)(F)F)C(OCc2c(F)cccc2F)=C1. The van der Waals surface area contributed by atoms with E-state index in [4.69, 9.17) is 4.74 Å². The molecule has 1 amide bonds. The molecule has 5 nitrogen and oxygen atoms in total. The van der Waals surface area contributed by atoms with Crippen molar-refractivity contribution in [3.63, 3.8) is 0 Å². The molecule has 2 heterocycles. The van der Waals surface area contributed by atoms with Gasteiger partial charge in [0.25, 0.3) is 5.91 Å². The van der Waals surface area contributed by atoms with E-state index in [1.807, 2.05) is 25.3 Å². The molecule has 0 fully saturated rings. The Balaban J connectivity index is 1.88. The second-order valence-electron chi connectivity index (χ2n) is 8.16. The smallest absolute Gasteiger partial charge is 0.428 e. The lowest BCUT2D eigenvalue weighted by Gasteiger charge is -2.37. The Hall–Kier alpha value is -3.17. The third-order valence-electron chi connectivity index (χ3n) is 5.70. The minimum atomic E-state index is -4.66. The maximum absolute atomic E-state index is 14.0. The van der Waals surface area contributed by atoms with Gasteiger partial charge in [-0.05, 0) is 49.0 Å². The maximum atomic E-state index is 14.0. The number of rotatable bonds is 5. The van der Waals surface area contributed by atoms with Crippen molar-refractivity contribution in [1.29, 1.82) is 0 Å². The van der Waals surface area contributed by atoms with Crippen LogP contribution in [-0.4, -0.2) is 29.2 Å². The highest BCUT2D eigenvalue weighted by molar-refractivity contribution is 5.83. The zero-order valence-electron chi connectivity index (χ0n) is 18.3. The number of hydrogen-bond donors (Lipinski definition) is 1. The van der Waals surface area contributed by atoms with Crippen LogP contribution in [0.4, 0.5) is 22.0 Å². The number of nitrogens with zero attached hydrogens (tertiary/aromatic N) is 2. The largest absolute Gasteiger partial charge is 0.486 e. The molecule has 10 heteroatoms. The average molecular weight is 469 g/mol. The van der Waals surface area contributed by atoms with Gasteiger partial charge < -0.3 is 9.64 Å². The van der Waals surface area contributed by atoms with Gasteiger partial charge in [-0.15, -0.1) is 0 Å². The fraction of sp³-hybridized carbons (Fsp3) is 0.391. The molecule has 3 rings (SSSR count). The van der Waals surface area contributed by atoms with Crippen molar-refractivity contribution < 1.29 is 31.5 Å². The number of hydrazone groups is 1. The van der Waals surface area contributed by atoms with Crippen LogP contribution < -0.4 is 5.43 Å². The molecule has 0 aromatic heterocycles. The lowest BCUT2D eigenvalue weighted by atomic mass is 9.86. The van der Waals surface area contributed by atoms with E-state index in [0.717, 1.165) is 12.1 Å². The molecule has 1 aromatic rings. The number of ether oxygens (including phenoxy) is 1. The molecular formula is C23H24F5N3O2. The fourth-order valence-electron chi connectivity index (χ4n) is 3.78. The van der Waals surface area contributed by atoms with Gasteiger partial charge in [-0.2, -0.15) is 18.3 Å². The summed E-state index contributed by atoms with van der Waals surface area (Å²) in [4.78, 5) is 14.5. The lowest BCUT2D eigenvalue weighted by Crippen LogP contribution is -2.48. The number of carbonyl (C=O) groups is 1. The lowest BCUT2D eigenvalue weighted by molar-refractivity contribution is -0.127. The van der Waals surface area contributed by atoms with Gasteiger partial charge in [-0.1, -0.05) is 26.0 Å². The van der Waals surface area contributed by atoms with E-state index in [2.05, 4.69) is 5.10 Å². The molecule has 3 atom stereocenters. The van der Waals surface area contributed by atoms with Gasteiger partial charge in [0.15, 0.2) is 0 Å². The number of halogens is 5. The summed E-state index contributed by atoms with van der Waals surface area (Å²) in [6, 6.07) is 2.63. The van der Waals surface area contributed by atoms with Gasteiger partial charge in [-0.3, -0.25) is 4.79 Å². The Kier molecular flexibility index (Phi) is 7.24. The van der Waals surface area contributed by atoms with Gasteiger partial charge in [0.05, 0.1) is 11.3 Å². The number of allylic oxidation sites excluding steroid dienone is 3. The van der Waals surface area contributed by atoms with Gasteiger partial charge >= 0.3 is 6.18 Å². The standard InChI is InChI=1S/C23H24F5N3O2/c1-13-9-20(33-11-16-17(24)5-4-6-18(16)25)19-8-7-14(2)15(3)21(31(19)10-13)22(32)30-29-12-23(26,27)28/h4-6,8-10,12,14-15,21H,7,11H2,1-3H3,(H,30,32)/b29-12-. The summed E-state index contributed by atoms with van der Waals surface area (Å²) in [5, 5.41) is 3.03. The van der Waals surface area contributed by atoms with Crippen LogP contribution in [0.25, 0.3) is 0 Å². The summed E-state index contributed by atoms with van der Waals surface area (Å²) < 4.78 is 71.0. The molecule has 0 bridgehead atoms. The van der Waals surface area contributed by atoms with Crippen LogP contribution in [-0.2, 0) is 16.1 Å². The van der Waals surface area contributed by atoms with E-state index < -0.39 is 29.8 Å². The first-order valence-corrected chi connectivity index (χ1v) is 10.3. The van der Waals surface area contributed by atoms with Crippen LogP contribution in [0.2, 0.25) is 0 Å². The molecule has 0 radical (unpaired) electrons. The molecule has 0 spiro atoms. The quantitative estimate of drug-likeness (QED) is 0.368. The molecule has 178 valence electrons. The molecule has 2 aliphatic heterocycles. The van der Waals surface area contributed by atoms with E-state index in [-0.39, 0.29) is 30.2 Å². The first-order chi connectivity index (χ1) is 15.5. The molecule has 1 N–H and O–H groups in total. The molecule has 0 saturated heterocycles. The number of alkyl halides is 3. The first kappa shape index (κ1) is 24.5. The second-order valence-corrected chi connectivity index (χ2v) is 8.16. The predicted molar refractivity (Wildman–Crippen MR) is 112 cm³/mol. The Bertz CT molecular complexity index is 1010. The van der Waals surface area contributed by atoms with E-state index in [1.54, 1.807) is 24.1 Å². The predicted octanol–water partition coefficient (Wildman–Crippen LogP) is 5.18. The van der Waals surface area contributed by atoms with Crippen molar-refractivity contribution in [3.05, 3.63) is 70.8 Å². The highest BCUT2D eigenvalue weighted by atomic mass is 19.4. The van der Waals surface area contributed by atoms with E-state index in [0.29, 0.717) is 23.5 Å². The first-order valence-electron chi connectivity index (χ1n) is 10.3. The van der Waals surface area contributed by atoms with Crippen LogP contribution in [0.5, 0.6) is 0 Å². The van der Waals surface area contributed by atoms with E-state index in [9.17, 15) is 26.7 Å². The summed E-state index contributed by atoms with van der Waals surface area (Å²) in [6.07, 6.45) is 0.826. The van der Waals surface area contributed by atoms with Gasteiger partial charge in [0.2, 0.25) is 0 Å². The molecule has 2 aliphatic rings. The van der Waals surface area contributed by atoms with Crippen LogP contribution in [0, 0.1) is 23.5 Å². The van der Waals surface area contributed by atoms with Gasteiger partial charge in [0.1, 0.15) is 36.3 Å². The molecule has 0 saturated carbocycles. The van der Waals surface area contributed by atoms with Crippen molar-refractivity contribution in [2.45, 2.75) is 46.0 Å². The fourth-order valence-corrected chi connectivity index (χ4v) is 3.78. The normalized spacial score (nSPS) is 23.3. The van der Waals surface area contributed by atoms with Crippen molar-refractivity contribution in [2.75, 3.05) is 0 Å². The highest BCUT2D eigenvalue weighted by Crippen LogP contribution is 2.37. The third kappa shape index (κ3) is 5.80. The molecule has 3 unspecified atom stereocenters. The van der Waals surface area contributed by atoms with Crippen LogP contribution in [0.3, 0.4) is 0 Å². The monoisotopic (exact) mass is 469 g/mol. The third-order valence-corrected chi connectivity index (χ3v) is 5.70. The van der Waals surface area contributed by atoms with Crippen LogP contribution >= 0.6 is 0 Å². The molecule has 0 aliphatic carbocycles. The highest BCUT2D eigenvalue weighted by Gasteiger charge is 2.39. The van der Waals surface area contributed by atoms with E-state index in [1.165, 1.54) is 6.07 Å². The summed E-state index contributed by atoms with van der Waals surface area (Å²) in [5.41, 5.74) is 2.93. The second kappa shape index (κ2) is 9.76. The topological polar surface area (TPSA) is 53.9 Å². The van der Waals surface area contributed by atoms with Gasteiger partial charge in [0, 0.05) is 6.20 Å². The van der Waals surface area contributed by atoms with Crippen LogP contribution in [0.15, 0.2) is 58.7 Å². The summed E-state index contributed by atoms with van der Waals surface area (Å²) >= 11 is 0. The summed E-state index contributed by atoms with van der Waals surface area (Å²) in [7, 11) is 0. The number of hydrogen-bond acceptors (Lipinski definition) is 4. The van der Waals surface area contributed by atoms with Crippen LogP contribution in [0.1, 0.15) is 32.8 Å². The van der Waals surface area contributed by atoms with Gasteiger partial charge in [-0.25, -0.2) is 14.2 Å². The zero-order chi connectivity index (χ0) is 24.3. The van der Waals surface area contributed by atoms with Crippen molar-refractivity contribution >= 4 is 12.1 Å². The molecule has 1 aromatic carbocycles. The Labute approximate surface area is 188 Å². The summed E-state index contributed by atoms with van der Waals surface area (Å²) in [6.45, 7) is 5.13. The molecular weight excluding hydrogens is 445 g/mol. The number of amides is 1. The Morgan fingerprint density at radius 2 is 1.94 bits per heavy atom. The Morgan fingerprint density at radius 3 is 2.58 bits per heavy atom. The minimum absolute atomic E-state index is 0.00409. The number of nitrogens with one attached hydrogen (secondary N) is 1. The zero-order valence-corrected chi connectivity index (χ0v) is 18.3. The molecule has 33 heavy (non-hydrogen) atoms. The minimum Gasteiger partial charge on any atom is -0.486 e. The maximum Gasteiger partial charge on any atom is 0.428 e. The van der Waals surface area contributed by atoms with Crippen molar-refractivity contribution in [1.82, 2.24) is 10.3 Å². The van der Waals surface area contributed by atoms with Crippen molar-refractivity contribution in [2.24, 2.45) is 16.9 Å². The Morgan fingerprint density at radius 1 is 1.27 bits per heavy atom. The number of fused-ring (bicyclic) bond motifs is 1.